The third kappa shape index (κ3) is 3.85. The van der Waals surface area contributed by atoms with E-state index in [4.69, 9.17) is 9.47 Å². The molecule has 1 aliphatic heterocycles. The molecule has 3 aromatic rings. The lowest BCUT2D eigenvalue weighted by Crippen LogP contribution is -2.29. The van der Waals surface area contributed by atoms with Gasteiger partial charge in [0.05, 0.1) is 25.8 Å². The Balaban J connectivity index is 1.96. The van der Waals surface area contributed by atoms with Gasteiger partial charge >= 0.3 is 0 Å². The first kappa shape index (κ1) is 22.9. The molecule has 0 spiro atoms. The van der Waals surface area contributed by atoms with Crippen molar-refractivity contribution >= 4 is 28.8 Å². The normalized spacial score (nSPS) is 17.1. The van der Waals surface area contributed by atoms with Gasteiger partial charge in [-0.2, -0.15) is 0 Å². The average Bonchev–Trinajstić information content (AvgIpc) is 3.13. The van der Waals surface area contributed by atoms with Crippen molar-refractivity contribution in [1.82, 2.24) is 0 Å². The average molecular weight is 459 g/mol. The van der Waals surface area contributed by atoms with Crippen LogP contribution < -0.4 is 19.3 Å². The number of ketones is 1. The third-order valence-corrected chi connectivity index (χ3v) is 5.87. The Hall–Kier alpha value is -4.26. The van der Waals surface area contributed by atoms with Crippen molar-refractivity contribution in [3.63, 3.8) is 0 Å². The van der Waals surface area contributed by atoms with E-state index >= 15 is 0 Å². The van der Waals surface area contributed by atoms with Crippen LogP contribution in [0.1, 0.15) is 17.2 Å². The van der Waals surface area contributed by atoms with Gasteiger partial charge in [0.1, 0.15) is 22.8 Å². The molecule has 1 heterocycles. The number of nitrogens with zero attached hydrogens (tertiary/aromatic N) is 2. The molecule has 0 radical (unpaired) electrons. The summed E-state index contributed by atoms with van der Waals surface area (Å²) in [6.45, 7) is 0. The monoisotopic (exact) mass is 458 g/mol. The van der Waals surface area contributed by atoms with E-state index in [0.29, 0.717) is 22.7 Å². The molecule has 34 heavy (non-hydrogen) atoms. The molecule has 4 rings (SSSR count). The molecule has 1 fully saturated rings. The van der Waals surface area contributed by atoms with Crippen molar-refractivity contribution < 1.29 is 24.2 Å². The number of carbonyl (C=O) groups excluding carboxylic acids is 2. The first-order valence-corrected chi connectivity index (χ1v) is 10.7. The maximum atomic E-state index is 13.4. The molecular weight excluding hydrogens is 432 g/mol. The van der Waals surface area contributed by atoms with Gasteiger partial charge in [-0.1, -0.05) is 36.4 Å². The van der Waals surface area contributed by atoms with Gasteiger partial charge in [0.25, 0.3) is 11.7 Å². The van der Waals surface area contributed by atoms with Crippen molar-refractivity contribution in [3.8, 4) is 11.5 Å². The number of rotatable bonds is 6. The third-order valence-electron chi connectivity index (χ3n) is 5.87. The molecule has 1 N–H and O–H groups in total. The molecule has 0 bridgehead atoms. The van der Waals surface area contributed by atoms with E-state index in [9.17, 15) is 14.7 Å². The molecule has 7 heteroatoms. The first-order chi connectivity index (χ1) is 16.4. The van der Waals surface area contributed by atoms with Gasteiger partial charge in [-0.25, -0.2) is 0 Å². The lowest BCUT2D eigenvalue weighted by molar-refractivity contribution is -0.132. The zero-order valence-corrected chi connectivity index (χ0v) is 19.5. The minimum Gasteiger partial charge on any atom is -0.506 e. The van der Waals surface area contributed by atoms with Crippen molar-refractivity contribution in [2.24, 2.45) is 0 Å². The lowest BCUT2D eigenvalue weighted by Gasteiger charge is -2.26. The molecule has 1 saturated heterocycles. The largest absolute Gasteiger partial charge is 0.506 e. The van der Waals surface area contributed by atoms with Gasteiger partial charge in [-0.3, -0.25) is 14.5 Å². The summed E-state index contributed by atoms with van der Waals surface area (Å²) >= 11 is 0. The van der Waals surface area contributed by atoms with Crippen LogP contribution in [0.5, 0.6) is 11.5 Å². The lowest BCUT2D eigenvalue weighted by atomic mass is 9.94. The molecule has 1 atom stereocenters. The van der Waals surface area contributed by atoms with E-state index in [-0.39, 0.29) is 16.9 Å². The fourth-order valence-electron chi connectivity index (χ4n) is 4.18. The minimum absolute atomic E-state index is 0.0318. The standard InChI is InChI=1S/C27H26N2O5/c1-28(2)18-13-15-19(16-14-18)29-24(17-9-6-5-7-10-17)23(26(31)27(29)32)25(30)22-20(33-3)11-8-12-21(22)34-4/h5-16,24,30H,1-4H3/b25-23+. The fourth-order valence-corrected chi connectivity index (χ4v) is 4.18. The highest BCUT2D eigenvalue weighted by molar-refractivity contribution is 6.51. The molecule has 1 aliphatic rings. The fraction of sp³-hybridized carbons (Fsp3) is 0.185. The highest BCUT2D eigenvalue weighted by Crippen LogP contribution is 2.45. The summed E-state index contributed by atoms with van der Waals surface area (Å²) in [6.07, 6.45) is 0. The molecule has 0 aromatic heterocycles. The minimum atomic E-state index is -0.832. The Morgan fingerprint density at radius 2 is 1.44 bits per heavy atom. The van der Waals surface area contributed by atoms with Crippen molar-refractivity contribution in [2.75, 3.05) is 38.1 Å². The van der Waals surface area contributed by atoms with E-state index in [2.05, 4.69) is 0 Å². The number of ether oxygens (including phenoxy) is 2. The molecule has 0 saturated carbocycles. The Kier molecular flexibility index (Phi) is 6.27. The molecule has 3 aromatic carbocycles. The van der Waals surface area contributed by atoms with Crippen LogP contribution >= 0.6 is 0 Å². The predicted octanol–water partition coefficient (Wildman–Crippen LogP) is 4.40. The zero-order chi connectivity index (χ0) is 24.4. The summed E-state index contributed by atoms with van der Waals surface area (Å²) in [5.41, 5.74) is 2.38. The summed E-state index contributed by atoms with van der Waals surface area (Å²) in [5, 5.41) is 11.5. The number of aliphatic hydroxyl groups excluding tert-OH is 1. The van der Waals surface area contributed by atoms with E-state index in [1.807, 2.05) is 61.5 Å². The van der Waals surface area contributed by atoms with Gasteiger partial charge in [0.15, 0.2) is 0 Å². The van der Waals surface area contributed by atoms with Crippen molar-refractivity contribution in [1.29, 1.82) is 0 Å². The number of hydrogen-bond donors (Lipinski definition) is 1. The van der Waals surface area contributed by atoms with E-state index in [1.54, 1.807) is 30.3 Å². The quantitative estimate of drug-likeness (QED) is 0.335. The van der Waals surface area contributed by atoms with Crippen LogP contribution in [0.25, 0.3) is 5.76 Å². The Morgan fingerprint density at radius 1 is 0.853 bits per heavy atom. The van der Waals surface area contributed by atoms with Crippen molar-refractivity contribution in [3.05, 3.63) is 89.5 Å². The molecule has 1 unspecified atom stereocenters. The summed E-state index contributed by atoms with van der Waals surface area (Å²) in [5.74, 6) is -1.21. The zero-order valence-electron chi connectivity index (χ0n) is 19.5. The van der Waals surface area contributed by atoms with Gasteiger partial charge in [-0.05, 0) is 42.0 Å². The summed E-state index contributed by atoms with van der Waals surface area (Å²) in [7, 11) is 6.77. The van der Waals surface area contributed by atoms with Crippen LogP contribution in [0.4, 0.5) is 11.4 Å². The van der Waals surface area contributed by atoms with Crippen LogP contribution in [-0.4, -0.2) is 45.1 Å². The van der Waals surface area contributed by atoms with Gasteiger partial charge in [0.2, 0.25) is 0 Å². The number of carbonyl (C=O) groups is 2. The number of anilines is 2. The summed E-state index contributed by atoms with van der Waals surface area (Å²) in [4.78, 5) is 30.1. The highest BCUT2D eigenvalue weighted by Gasteiger charge is 2.47. The van der Waals surface area contributed by atoms with E-state index in [1.165, 1.54) is 19.1 Å². The maximum Gasteiger partial charge on any atom is 0.300 e. The Bertz CT molecular complexity index is 1230. The van der Waals surface area contributed by atoms with E-state index < -0.39 is 17.7 Å². The topological polar surface area (TPSA) is 79.3 Å². The first-order valence-electron chi connectivity index (χ1n) is 10.7. The van der Waals surface area contributed by atoms with Crippen LogP contribution in [-0.2, 0) is 9.59 Å². The molecular formula is C27H26N2O5. The molecule has 174 valence electrons. The van der Waals surface area contributed by atoms with Crippen LogP contribution in [0, 0.1) is 0 Å². The maximum absolute atomic E-state index is 13.4. The number of methoxy groups -OCH3 is 2. The number of amides is 1. The number of hydrogen-bond acceptors (Lipinski definition) is 6. The molecule has 1 amide bonds. The van der Waals surface area contributed by atoms with Crippen LogP contribution in [0.2, 0.25) is 0 Å². The SMILES string of the molecule is COc1cccc(OC)c1/C(O)=C1\C(=O)C(=O)N(c2ccc(N(C)C)cc2)C1c1ccccc1. The van der Waals surface area contributed by atoms with Crippen LogP contribution in [0.15, 0.2) is 78.4 Å². The van der Waals surface area contributed by atoms with E-state index in [0.717, 1.165) is 5.69 Å². The summed E-state index contributed by atoms with van der Waals surface area (Å²) < 4.78 is 10.9. The number of aliphatic hydroxyl groups is 1. The second-order valence-electron chi connectivity index (χ2n) is 8.03. The smallest absolute Gasteiger partial charge is 0.300 e. The summed E-state index contributed by atoms with van der Waals surface area (Å²) in [6, 6.07) is 20.7. The molecule has 7 nitrogen and oxygen atoms in total. The second kappa shape index (κ2) is 9.31. The Labute approximate surface area is 198 Å². The Morgan fingerprint density at radius 3 is 1.97 bits per heavy atom. The van der Waals surface area contributed by atoms with Gasteiger partial charge in [0, 0.05) is 25.5 Å². The number of benzene rings is 3. The van der Waals surface area contributed by atoms with Gasteiger partial charge in [-0.15, -0.1) is 0 Å². The number of Topliss-reactive ketones (excluding diaryl/α,β-unsaturated/α-hetero) is 1. The highest BCUT2D eigenvalue weighted by atomic mass is 16.5. The second-order valence-corrected chi connectivity index (χ2v) is 8.03. The predicted molar refractivity (Wildman–Crippen MR) is 132 cm³/mol. The van der Waals surface area contributed by atoms with Crippen LogP contribution in [0.3, 0.4) is 0 Å². The van der Waals surface area contributed by atoms with Crippen molar-refractivity contribution in [2.45, 2.75) is 6.04 Å². The molecule has 0 aliphatic carbocycles. The van der Waals surface area contributed by atoms with Gasteiger partial charge < -0.3 is 19.5 Å².